The Kier molecular flexibility index (Phi) is 7.25. The van der Waals surface area contributed by atoms with Gasteiger partial charge in [0.1, 0.15) is 5.75 Å². The number of amides is 2. The smallest absolute Gasteiger partial charge is 0.262 e. The Labute approximate surface area is 184 Å². The lowest BCUT2D eigenvalue weighted by Gasteiger charge is -2.14. The molecule has 0 saturated carbocycles. The molecule has 30 heavy (non-hydrogen) atoms. The Morgan fingerprint density at radius 1 is 0.933 bits per heavy atom. The van der Waals surface area contributed by atoms with Gasteiger partial charge in [-0.15, -0.1) is 0 Å². The quantitative estimate of drug-likeness (QED) is 0.498. The second-order valence-electron chi connectivity index (χ2n) is 7.02. The van der Waals surface area contributed by atoms with Crippen LogP contribution in [-0.4, -0.2) is 24.5 Å². The Balaban J connectivity index is 1.64. The van der Waals surface area contributed by atoms with Gasteiger partial charge in [-0.2, -0.15) is 0 Å². The predicted octanol–water partition coefficient (Wildman–Crippen LogP) is 5.27. The van der Waals surface area contributed by atoms with Crippen LogP contribution in [0.4, 0.5) is 5.69 Å². The molecule has 0 radical (unpaired) electrons. The topological polar surface area (TPSA) is 67.4 Å². The zero-order chi connectivity index (χ0) is 21.5. The molecule has 2 N–H and O–H groups in total. The number of carbonyl (C=O) groups is 2. The maximum absolute atomic E-state index is 12.4. The largest absolute Gasteiger partial charge is 0.483 e. The fraction of sp³-hybridized carbons (Fsp3) is 0.167. The van der Waals surface area contributed by atoms with Crippen LogP contribution in [0.1, 0.15) is 24.2 Å². The number of nitrogens with one attached hydrogen (secondary N) is 2. The lowest BCUT2D eigenvalue weighted by molar-refractivity contribution is -0.118. The first-order chi connectivity index (χ1) is 14.4. The van der Waals surface area contributed by atoms with E-state index < -0.39 is 0 Å². The van der Waals surface area contributed by atoms with E-state index in [1.165, 1.54) is 0 Å². The van der Waals surface area contributed by atoms with E-state index in [-0.39, 0.29) is 24.5 Å². The highest BCUT2D eigenvalue weighted by molar-refractivity contribution is 9.10. The molecule has 6 heteroatoms. The van der Waals surface area contributed by atoms with Gasteiger partial charge >= 0.3 is 0 Å². The third-order valence-electron chi connectivity index (χ3n) is 4.26. The molecule has 3 rings (SSSR count). The van der Waals surface area contributed by atoms with E-state index in [9.17, 15) is 9.59 Å². The molecule has 0 unspecified atom stereocenters. The predicted molar refractivity (Wildman–Crippen MR) is 123 cm³/mol. The van der Waals surface area contributed by atoms with Gasteiger partial charge in [-0.3, -0.25) is 9.59 Å². The Hall–Kier alpha value is -3.12. The molecule has 3 aromatic rings. The van der Waals surface area contributed by atoms with E-state index in [4.69, 9.17) is 4.74 Å². The number of ether oxygens (including phenoxy) is 1. The van der Waals surface area contributed by atoms with Crippen molar-refractivity contribution in [2.45, 2.75) is 19.9 Å². The van der Waals surface area contributed by atoms with Crippen molar-refractivity contribution in [3.8, 4) is 16.9 Å². The summed E-state index contributed by atoms with van der Waals surface area (Å²) in [6, 6.07) is 22.6. The highest BCUT2D eigenvalue weighted by Gasteiger charge is 2.14. The van der Waals surface area contributed by atoms with Gasteiger partial charge < -0.3 is 15.4 Å². The number of hydrogen-bond donors (Lipinski definition) is 2. The summed E-state index contributed by atoms with van der Waals surface area (Å²) < 4.78 is 6.42. The van der Waals surface area contributed by atoms with E-state index >= 15 is 0 Å². The van der Waals surface area contributed by atoms with Gasteiger partial charge in [0, 0.05) is 6.04 Å². The van der Waals surface area contributed by atoms with Gasteiger partial charge in [0.15, 0.2) is 6.61 Å². The molecule has 0 heterocycles. The molecule has 154 valence electrons. The first-order valence-electron chi connectivity index (χ1n) is 9.61. The summed E-state index contributed by atoms with van der Waals surface area (Å²) >= 11 is 3.51. The summed E-state index contributed by atoms with van der Waals surface area (Å²) in [6.07, 6.45) is 0. The van der Waals surface area contributed by atoms with Gasteiger partial charge in [-0.25, -0.2) is 0 Å². The molecule has 2 amide bonds. The average Bonchev–Trinajstić information content (AvgIpc) is 2.73. The molecule has 3 aromatic carbocycles. The van der Waals surface area contributed by atoms with Crippen LogP contribution in [0.2, 0.25) is 0 Å². The minimum absolute atomic E-state index is 0.000740. The number of carbonyl (C=O) groups excluding carboxylic acids is 2. The molecule has 0 spiro atoms. The van der Waals surface area contributed by atoms with Crippen molar-refractivity contribution in [2.24, 2.45) is 0 Å². The highest BCUT2D eigenvalue weighted by Crippen LogP contribution is 2.30. The standard InChI is InChI=1S/C24H23BrN2O3/c1-16(2)26-24(29)19-10-6-7-11-21(19)27-23(28)15-30-22-13-12-18(14-20(22)25)17-8-4-3-5-9-17/h3-14,16H,15H2,1-2H3,(H,26,29)(H,27,28). The van der Waals surface area contributed by atoms with Crippen LogP contribution in [0.3, 0.4) is 0 Å². The van der Waals surface area contributed by atoms with Crippen molar-refractivity contribution < 1.29 is 14.3 Å². The number of halogens is 1. The van der Waals surface area contributed by atoms with E-state index in [1.807, 2.05) is 62.4 Å². The molecule has 5 nitrogen and oxygen atoms in total. The average molecular weight is 467 g/mol. The van der Waals surface area contributed by atoms with Crippen LogP contribution in [0.15, 0.2) is 77.3 Å². The summed E-state index contributed by atoms with van der Waals surface area (Å²) in [5, 5.41) is 5.58. The maximum atomic E-state index is 12.4. The number of hydrogen-bond acceptors (Lipinski definition) is 3. The highest BCUT2D eigenvalue weighted by atomic mass is 79.9. The Morgan fingerprint density at radius 2 is 1.63 bits per heavy atom. The molecular formula is C24H23BrN2O3. The van der Waals surface area contributed by atoms with E-state index in [1.54, 1.807) is 24.3 Å². The molecular weight excluding hydrogens is 444 g/mol. The number of benzene rings is 3. The molecule has 0 aromatic heterocycles. The van der Waals surface area contributed by atoms with Crippen LogP contribution in [-0.2, 0) is 4.79 Å². The lowest BCUT2D eigenvalue weighted by atomic mass is 10.1. The van der Waals surface area contributed by atoms with E-state index in [2.05, 4.69) is 26.6 Å². The Bertz CT molecular complexity index is 1040. The van der Waals surface area contributed by atoms with Crippen LogP contribution in [0.25, 0.3) is 11.1 Å². The summed E-state index contributed by atoms with van der Waals surface area (Å²) in [4.78, 5) is 24.7. The van der Waals surface area contributed by atoms with Crippen molar-refractivity contribution in [3.63, 3.8) is 0 Å². The minimum Gasteiger partial charge on any atom is -0.483 e. The summed E-state index contributed by atoms with van der Waals surface area (Å²) in [7, 11) is 0. The molecule has 0 aliphatic rings. The van der Waals surface area contributed by atoms with Gasteiger partial charge in [-0.05, 0) is 65.2 Å². The summed E-state index contributed by atoms with van der Waals surface area (Å²) in [5.41, 5.74) is 3.00. The van der Waals surface area contributed by atoms with Crippen molar-refractivity contribution in [2.75, 3.05) is 11.9 Å². The second kappa shape index (κ2) is 10.1. The third kappa shape index (κ3) is 5.70. The van der Waals surface area contributed by atoms with Crippen LogP contribution in [0.5, 0.6) is 5.75 Å². The van der Waals surface area contributed by atoms with E-state index in [0.717, 1.165) is 15.6 Å². The molecule has 0 saturated heterocycles. The van der Waals surface area contributed by atoms with Gasteiger partial charge in [0.2, 0.25) is 0 Å². The van der Waals surface area contributed by atoms with Crippen molar-refractivity contribution in [1.29, 1.82) is 0 Å². The normalized spacial score (nSPS) is 10.5. The molecule has 0 atom stereocenters. The zero-order valence-corrected chi connectivity index (χ0v) is 18.4. The molecule has 0 aliphatic carbocycles. The SMILES string of the molecule is CC(C)NC(=O)c1ccccc1NC(=O)COc1ccc(-c2ccccc2)cc1Br. The van der Waals surface area contributed by atoms with Crippen LogP contribution >= 0.6 is 15.9 Å². The summed E-state index contributed by atoms with van der Waals surface area (Å²) in [6.45, 7) is 3.59. The van der Waals surface area contributed by atoms with Crippen molar-refractivity contribution >= 4 is 33.4 Å². The van der Waals surface area contributed by atoms with Crippen LogP contribution < -0.4 is 15.4 Å². The maximum Gasteiger partial charge on any atom is 0.262 e. The first kappa shape index (κ1) is 21.6. The zero-order valence-electron chi connectivity index (χ0n) is 16.8. The van der Waals surface area contributed by atoms with E-state index in [0.29, 0.717) is 17.0 Å². The monoisotopic (exact) mass is 466 g/mol. The summed E-state index contributed by atoms with van der Waals surface area (Å²) in [5.74, 6) is -0.0180. The third-order valence-corrected chi connectivity index (χ3v) is 4.88. The molecule has 0 fully saturated rings. The fourth-order valence-electron chi connectivity index (χ4n) is 2.89. The lowest BCUT2D eigenvalue weighted by Crippen LogP contribution is -2.31. The minimum atomic E-state index is -0.348. The number of rotatable bonds is 7. The van der Waals surface area contributed by atoms with Crippen molar-refractivity contribution in [1.82, 2.24) is 5.32 Å². The fourth-order valence-corrected chi connectivity index (χ4v) is 3.38. The first-order valence-corrected chi connectivity index (χ1v) is 10.4. The van der Waals surface area contributed by atoms with Crippen LogP contribution in [0, 0.1) is 0 Å². The second-order valence-corrected chi connectivity index (χ2v) is 7.88. The molecule has 0 aliphatic heterocycles. The van der Waals surface area contributed by atoms with Gasteiger partial charge in [0.25, 0.3) is 11.8 Å². The van der Waals surface area contributed by atoms with Gasteiger partial charge in [0.05, 0.1) is 15.7 Å². The molecule has 0 bridgehead atoms. The van der Waals surface area contributed by atoms with Gasteiger partial charge in [-0.1, -0.05) is 48.5 Å². The number of anilines is 1. The Morgan fingerprint density at radius 3 is 2.33 bits per heavy atom. The van der Waals surface area contributed by atoms with Crippen molar-refractivity contribution in [3.05, 3.63) is 82.8 Å². The number of para-hydroxylation sites is 1.